The quantitative estimate of drug-likeness (QED) is 0.631. The molecule has 0 fully saturated rings. The molecule has 8 nitrogen and oxygen atoms in total. The molecule has 1 heterocycles. The van der Waals surface area contributed by atoms with Gasteiger partial charge in [-0.2, -0.15) is 0 Å². The molecular formula is C19H23N4O4+. The highest BCUT2D eigenvalue weighted by Crippen LogP contribution is 2.32. The van der Waals surface area contributed by atoms with Gasteiger partial charge in [-0.15, -0.1) is 0 Å². The maximum absolute atomic E-state index is 12.3. The number of nitrogens with one attached hydrogen (secondary N) is 1. The second-order valence-electron chi connectivity index (χ2n) is 6.51. The van der Waals surface area contributed by atoms with Gasteiger partial charge in [0.05, 0.1) is 16.9 Å². The van der Waals surface area contributed by atoms with Crippen LogP contribution in [0.25, 0.3) is 11.1 Å². The highest BCUT2D eigenvalue weighted by atomic mass is 16.3. The molecule has 0 bridgehead atoms. The highest BCUT2D eigenvalue weighted by Gasteiger charge is 2.18. The number of rotatable bonds is 5. The van der Waals surface area contributed by atoms with E-state index in [9.17, 15) is 14.4 Å². The number of carbonyl (C=O) groups excluding carboxylic acids is 1. The van der Waals surface area contributed by atoms with Crippen LogP contribution in [0.1, 0.15) is 24.2 Å². The molecule has 0 unspecified atom stereocenters. The lowest BCUT2D eigenvalue weighted by Crippen LogP contribution is -2.57. The van der Waals surface area contributed by atoms with Crippen molar-refractivity contribution in [2.75, 3.05) is 37.0 Å². The van der Waals surface area contributed by atoms with Gasteiger partial charge in [-0.25, -0.2) is 4.79 Å². The van der Waals surface area contributed by atoms with Crippen LogP contribution in [0.15, 0.2) is 32.2 Å². The van der Waals surface area contributed by atoms with Crippen molar-refractivity contribution in [2.24, 2.45) is 0 Å². The smallest absolute Gasteiger partial charge is 0.343 e. The van der Waals surface area contributed by atoms with E-state index in [0.717, 1.165) is 30.5 Å². The third kappa shape index (κ3) is 3.08. The fourth-order valence-corrected chi connectivity index (χ4v) is 3.22. The van der Waals surface area contributed by atoms with Crippen LogP contribution in [-0.2, 0) is 0 Å². The minimum Gasteiger partial charge on any atom is -0.449 e. The average molecular weight is 371 g/mol. The fraction of sp³-hybridized carbons (Fsp3) is 0.316. The van der Waals surface area contributed by atoms with Crippen LogP contribution in [0, 0.1) is 10.8 Å². The van der Waals surface area contributed by atoms with Gasteiger partial charge in [-0.1, -0.05) is 0 Å². The van der Waals surface area contributed by atoms with Crippen LogP contribution >= 0.6 is 0 Å². The van der Waals surface area contributed by atoms with Crippen molar-refractivity contribution in [2.45, 2.75) is 13.8 Å². The van der Waals surface area contributed by atoms with E-state index in [4.69, 9.17) is 4.42 Å². The summed E-state index contributed by atoms with van der Waals surface area (Å²) in [6.45, 7) is 5.72. The van der Waals surface area contributed by atoms with Crippen molar-refractivity contribution in [1.82, 2.24) is 4.98 Å². The van der Waals surface area contributed by atoms with Gasteiger partial charge in [0.25, 0.3) is 5.43 Å². The minimum absolute atomic E-state index is 0.0412. The van der Waals surface area contributed by atoms with E-state index < -0.39 is 16.8 Å². The Bertz CT molecular complexity index is 1210. The van der Waals surface area contributed by atoms with Crippen LogP contribution in [0.3, 0.4) is 0 Å². The number of fused-ring (bicyclic) bond motifs is 1. The number of hydrogen-bond donors (Lipinski definition) is 2. The molecule has 0 saturated heterocycles. The second kappa shape index (κ2) is 6.88. The molecule has 1 aliphatic heterocycles. The van der Waals surface area contributed by atoms with Crippen molar-refractivity contribution in [3.63, 3.8) is 0 Å². The normalized spacial score (nSPS) is 11.1. The number of hydrogen-bond acceptors (Lipinski definition) is 6. The number of nitrogens with zero attached hydrogens (tertiary/aromatic N) is 2. The zero-order chi connectivity index (χ0) is 19.9. The van der Waals surface area contributed by atoms with Gasteiger partial charge < -0.3 is 19.2 Å². The number of aromatic nitrogens is 1. The maximum Gasteiger partial charge on any atom is 0.343 e. The molecule has 1 amide bonds. The van der Waals surface area contributed by atoms with E-state index in [2.05, 4.69) is 29.5 Å². The molecule has 3 rings (SSSR count). The molecule has 0 radical (unpaired) electrons. The van der Waals surface area contributed by atoms with Crippen LogP contribution in [0.5, 0.6) is 0 Å². The third-order valence-corrected chi connectivity index (χ3v) is 4.64. The first-order valence-corrected chi connectivity index (χ1v) is 8.74. The predicted molar refractivity (Wildman–Crippen MR) is 104 cm³/mol. The fourth-order valence-electron chi connectivity index (χ4n) is 3.22. The summed E-state index contributed by atoms with van der Waals surface area (Å²) in [5.74, 6) is -0.560. The van der Waals surface area contributed by atoms with Crippen LogP contribution < -0.4 is 26.4 Å². The average Bonchev–Trinajstić information content (AvgIpc) is 2.63. The number of anilines is 2. The monoisotopic (exact) mass is 371 g/mol. The molecule has 0 saturated carbocycles. The van der Waals surface area contributed by atoms with Crippen LogP contribution in [-0.4, -0.2) is 38.1 Å². The Morgan fingerprint density at radius 2 is 1.78 bits per heavy atom. The second-order valence-corrected chi connectivity index (χ2v) is 6.51. The molecule has 8 heteroatoms. The molecule has 2 aliphatic rings. The summed E-state index contributed by atoms with van der Waals surface area (Å²) in [6.07, 6.45) is 0. The number of aromatic amines is 1. The zero-order valence-electron chi connectivity index (χ0n) is 15.9. The van der Waals surface area contributed by atoms with Gasteiger partial charge in [-0.05, 0) is 19.9 Å². The standard InChI is InChI=1S/C19H22N4O4/c1-5-23(6-2)13-9-15-11(8-12(13)22(3)4)21-16-10(19(20)26)7-14(24)17(25)18(16)27-15/h7-9,21H,5-6H2,1-4H3,(H2,20,26)/p+1. The SMILES string of the molecule is CCN(CC)c1cc2oc3c(=O)c(=O)cc(C([NH3+])=O)c=3[nH]c2cc1N(C)C. The predicted octanol–water partition coefficient (Wildman–Crippen LogP) is 0.500. The van der Waals surface area contributed by atoms with Crippen LogP contribution in [0.2, 0.25) is 0 Å². The maximum atomic E-state index is 12.3. The van der Waals surface area contributed by atoms with Crippen molar-refractivity contribution in [1.29, 1.82) is 0 Å². The van der Waals surface area contributed by atoms with Gasteiger partial charge in [0.1, 0.15) is 10.9 Å². The van der Waals surface area contributed by atoms with Crippen LogP contribution in [0.4, 0.5) is 11.4 Å². The van der Waals surface area contributed by atoms with Gasteiger partial charge in [0.2, 0.25) is 10.8 Å². The summed E-state index contributed by atoms with van der Waals surface area (Å²) in [5, 5.41) is 0.187. The highest BCUT2D eigenvalue weighted by molar-refractivity contribution is 5.88. The Morgan fingerprint density at radius 3 is 2.33 bits per heavy atom. The summed E-state index contributed by atoms with van der Waals surface area (Å²) in [5.41, 5.74) is 4.62. The van der Waals surface area contributed by atoms with Gasteiger partial charge >= 0.3 is 5.91 Å². The first-order valence-electron chi connectivity index (χ1n) is 8.74. The first kappa shape index (κ1) is 18.7. The molecule has 4 N–H and O–H groups in total. The zero-order valence-corrected chi connectivity index (χ0v) is 15.9. The first-order chi connectivity index (χ1) is 12.8. The molecule has 1 aromatic carbocycles. The van der Waals surface area contributed by atoms with Crippen molar-refractivity contribution >= 4 is 28.4 Å². The van der Waals surface area contributed by atoms with E-state index in [-0.39, 0.29) is 16.3 Å². The molecular weight excluding hydrogens is 348 g/mol. The Labute approximate surface area is 154 Å². The molecule has 1 aromatic rings. The lowest BCUT2D eigenvalue weighted by molar-refractivity contribution is -0.255. The van der Waals surface area contributed by atoms with Gasteiger partial charge in [0, 0.05) is 39.3 Å². The molecule has 0 aromatic heterocycles. The minimum atomic E-state index is -0.792. The van der Waals surface area contributed by atoms with Crippen molar-refractivity contribution in [3.8, 4) is 0 Å². The lowest BCUT2D eigenvalue weighted by atomic mass is 10.1. The van der Waals surface area contributed by atoms with Gasteiger partial charge in [0.15, 0.2) is 5.58 Å². The summed E-state index contributed by atoms with van der Waals surface area (Å²) in [7, 11) is 3.88. The third-order valence-electron chi connectivity index (χ3n) is 4.64. The molecule has 1 aliphatic carbocycles. The van der Waals surface area contributed by atoms with E-state index in [1.165, 1.54) is 0 Å². The summed E-state index contributed by atoms with van der Waals surface area (Å²) in [6, 6.07) is 4.75. The summed E-state index contributed by atoms with van der Waals surface area (Å²) < 4.78 is 5.79. The number of benzene rings is 1. The Hall–Kier alpha value is -3.13. The largest absolute Gasteiger partial charge is 0.449 e. The molecule has 142 valence electrons. The number of carbonyl (C=O) groups is 1. The van der Waals surface area contributed by atoms with E-state index in [1.807, 2.05) is 31.1 Å². The van der Waals surface area contributed by atoms with Crippen molar-refractivity contribution in [3.05, 3.63) is 55.0 Å². The summed E-state index contributed by atoms with van der Waals surface area (Å²) in [4.78, 5) is 43.3. The number of amides is 1. The van der Waals surface area contributed by atoms with Gasteiger partial charge in [-0.3, -0.25) is 15.3 Å². The number of H-pyrrole nitrogens is 1. The topological polar surface area (TPSA) is 114 Å². The molecule has 0 atom stereocenters. The Balaban J connectivity index is 2.50. The molecule has 0 spiro atoms. The van der Waals surface area contributed by atoms with E-state index in [1.54, 1.807) is 0 Å². The Morgan fingerprint density at radius 1 is 1.11 bits per heavy atom. The van der Waals surface area contributed by atoms with E-state index in [0.29, 0.717) is 11.1 Å². The van der Waals surface area contributed by atoms with Crippen molar-refractivity contribution < 1.29 is 14.9 Å². The van der Waals surface area contributed by atoms with E-state index >= 15 is 0 Å². The lowest BCUT2D eigenvalue weighted by Gasteiger charge is -2.27. The molecule has 27 heavy (non-hydrogen) atoms. The number of quaternary nitrogens is 1. The Kier molecular flexibility index (Phi) is 4.75. The summed E-state index contributed by atoms with van der Waals surface area (Å²) >= 11 is 0.